The molecule has 114 valence electrons. The lowest BCUT2D eigenvalue weighted by Crippen LogP contribution is -2.47. The van der Waals surface area contributed by atoms with Gasteiger partial charge in [-0.05, 0) is 32.0 Å². The number of benzene rings is 1. The number of likely N-dealkylation sites (N-methyl/N-ethyl adjacent to an activating group) is 1. The highest BCUT2D eigenvalue weighted by Gasteiger charge is 2.22. The summed E-state index contributed by atoms with van der Waals surface area (Å²) >= 11 is 0. The van der Waals surface area contributed by atoms with Crippen molar-refractivity contribution in [1.82, 2.24) is 10.2 Å². The Kier molecular flexibility index (Phi) is 4.74. The standard InChI is InChI=1S/C14H20N4O3/c1-2-17-7-3-4-10(9-17)16-14(19)12-8-11(18(20)21)5-6-13(12)15/h5-6,8,10H,2-4,7,9,15H2,1H3,(H,16,19). The SMILES string of the molecule is CCN1CCCC(NC(=O)c2cc([N+](=O)[O-])ccc2N)C1. The Morgan fingerprint density at radius 2 is 2.33 bits per heavy atom. The van der Waals surface area contributed by atoms with E-state index >= 15 is 0 Å². The molecule has 1 aromatic rings. The summed E-state index contributed by atoms with van der Waals surface area (Å²) in [6, 6.07) is 3.98. The lowest BCUT2D eigenvalue weighted by molar-refractivity contribution is -0.384. The van der Waals surface area contributed by atoms with Crippen molar-refractivity contribution in [3.05, 3.63) is 33.9 Å². The van der Waals surface area contributed by atoms with Crippen molar-refractivity contribution >= 4 is 17.3 Å². The number of nitrogens with two attached hydrogens (primary N) is 1. The number of nitro benzene ring substituents is 1. The van der Waals surface area contributed by atoms with Crippen LogP contribution in [0.1, 0.15) is 30.1 Å². The molecule has 0 aliphatic carbocycles. The number of carbonyl (C=O) groups is 1. The highest BCUT2D eigenvalue weighted by molar-refractivity contribution is 5.99. The fourth-order valence-corrected chi connectivity index (χ4v) is 2.58. The minimum atomic E-state index is -0.532. The second-order valence-electron chi connectivity index (χ2n) is 5.23. The smallest absolute Gasteiger partial charge is 0.270 e. The predicted molar refractivity (Wildman–Crippen MR) is 80.1 cm³/mol. The van der Waals surface area contributed by atoms with Crippen molar-refractivity contribution in [2.75, 3.05) is 25.4 Å². The molecular formula is C14H20N4O3. The third-order valence-electron chi connectivity index (χ3n) is 3.78. The summed E-state index contributed by atoms with van der Waals surface area (Å²) in [5.74, 6) is -0.348. The number of hydrogen-bond acceptors (Lipinski definition) is 5. The molecule has 1 amide bonds. The van der Waals surface area contributed by atoms with Crippen LogP contribution < -0.4 is 11.1 Å². The number of nitrogens with zero attached hydrogens (tertiary/aromatic N) is 2. The van der Waals surface area contributed by atoms with Crippen LogP contribution in [0.4, 0.5) is 11.4 Å². The first-order valence-electron chi connectivity index (χ1n) is 7.08. The number of rotatable bonds is 4. The van der Waals surface area contributed by atoms with Gasteiger partial charge in [-0.2, -0.15) is 0 Å². The molecule has 0 aromatic heterocycles. The maximum Gasteiger partial charge on any atom is 0.270 e. The Balaban J connectivity index is 2.09. The predicted octanol–water partition coefficient (Wildman–Crippen LogP) is 1.39. The van der Waals surface area contributed by atoms with Crippen molar-refractivity contribution in [1.29, 1.82) is 0 Å². The van der Waals surface area contributed by atoms with Gasteiger partial charge in [0.2, 0.25) is 0 Å². The molecule has 7 nitrogen and oxygen atoms in total. The van der Waals surface area contributed by atoms with Crippen molar-refractivity contribution in [3.8, 4) is 0 Å². The summed E-state index contributed by atoms with van der Waals surface area (Å²) in [6.45, 7) is 4.88. The molecule has 21 heavy (non-hydrogen) atoms. The van der Waals surface area contributed by atoms with Gasteiger partial charge in [-0.1, -0.05) is 6.92 Å². The highest BCUT2D eigenvalue weighted by Crippen LogP contribution is 2.20. The quantitative estimate of drug-likeness (QED) is 0.496. The molecule has 1 aliphatic heterocycles. The first-order valence-corrected chi connectivity index (χ1v) is 7.08. The molecule has 1 atom stereocenters. The average Bonchev–Trinajstić information content (AvgIpc) is 2.47. The Hall–Kier alpha value is -2.15. The Labute approximate surface area is 123 Å². The zero-order chi connectivity index (χ0) is 15.4. The van der Waals surface area contributed by atoms with Gasteiger partial charge < -0.3 is 16.0 Å². The van der Waals surface area contributed by atoms with Gasteiger partial charge in [0.25, 0.3) is 11.6 Å². The molecule has 7 heteroatoms. The van der Waals surface area contributed by atoms with Crippen LogP contribution in [0.5, 0.6) is 0 Å². The van der Waals surface area contributed by atoms with Gasteiger partial charge in [0.15, 0.2) is 0 Å². The van der Waals surface area contributed by atoms with E-state index in [9.17, 15) is 14.9 Å². The van der Waals surface area contributed by atoms with E-state index in [1.807, 2.05) is 0 Å². The number of non-ortho nitro benzene ring substituents is 1. The number of anilines is 1. The molecule has 1 aromatic carbocycles. The maximum atomic E-state index is 12.3. The number of nitro groups is 1. The van der Waals surface area contributed by atoms with E-state index in [1.165, 1.54) is 18.2 Å². The van der Waals surface area contributed by atoms with Gasteiger partial charge in [0, 0.05) is 30.4 Å². The van der Waals surface area contributed by atoms with Crippen LogP contribution in [0.3, 0.4) is 0 Å². The average molecular weight is 292 g/mol. The van der Waals surface area contributed by atoms with Crippen molar-refractivity contribution in [3.63, 3.8) is 0 Å². The normalized spacial score (nSPS) is 19.2. The van der Waals surface area contributed by atoms with E-state index in [2.05, 4.69) is 17.1 Å². The first-order chi connectivity index (χ1) is 10.0. The zero-order valence-electron chi connectivity index (χ0n) is 12.0. The summed E-state index contributed by atoms with van der Waals surface area (Å²) in [5, 5.41) is 13.7. The number of carbonyl (C=O) groups excluding carboxylic acids is 1. The second kappa shape index (κ2) is 6.53. The summed E-state index contributed by atoms with van der Waals surface area (Å²) in [4.78, 5) is 24.8. The van der Waals surface area contributed by atoms with Gasteiger partial charge in [-0.15, -0.1) is 0 Å². The number of nitrogen functional groups attached to an aromatic ring is 1. The van der Waals surface area contributed by atoms with Crippen LogP contribution in [0.15, 0.2) is 18.2 Å². The molecule has 1 heterocycles. The van der Waals surface area contributed by atoms with E-state index in [4.69, 9.17) is 5.73 Å². The Morgan fingerprint density at radius 3 is 3.00 bits per heavy atom. The molecule has 1 saturated heterocycles. The summed E-state index contributed by atoms with van der Waals surface area (Å²) in [6.07, 6.45) is 1.94. The third kappa shape index (κ3) is 3.69. The van der Waals surface area contributed by atoms with Crippen LogP contribution >= 0.6 is 0 Å². The maximum absolute atomic E-state index is 12.3. The van der Waals surface area contributed by atoms with Crippen LogP contribution in [-0.2, 0) is 0 Å². The van der Waals surface area contributed by atoms with Gasteiger partial charge >= 0.3 is 0 Å². The van der Waals surface area contributed by atoms with Crippen molar-refractivity contribution in [2.45, 2.75) is 25.8 Å². The fourth-order valence-electron chi connectivity index (χ4n) is 2.58. The van der Waals surface area contributed by atoms with Crippen LogP contribution in [-0.4, -0.2) is 41.4 Å². The number of amides is 1. The minimum Gasteiger partial charge on any atom is -0.398 e. The van der Waals surface area contributed by atoms with Crippen LogP contribution in [0.25, 0.3) is 0 Å². The fraction of sp³-hybridized carbons (Fsp3) is 0.500. The Bertz CT molecular complexity index is 547. The van der Waals surface area contributed by atoms with E-state index in [0.717, 1.165) is 32.5 Å². The molecular weight excluding hydrogens is 272 g/mol. The third-order valence-corrected chi connectivity index (χ3v) is 3.78. The van der Waals surface area contributed by atoms with E-state index in [-0.39, 0.29) is 28.9 Å². The lowest BCUT2D eigenvalue weighted by Gasteiger charge is -2.32. The molecule has 0 spiro atoms. The first kappa shape index (κ1) is 15.2. The minimum absolute atomic E-state index is 0.0601. The van der Waals surface area contributed by atoms with E-state index in [0.29, 0.717) is 0 Å². The molecule has 1 fully saturated rings. The molecule has 2 rings (SSSR count). The molecule has 1 unspecified atom stereocenters. The number of nitrogens with one attached hydrogen (secondary N) is 1. The van der Waals surface area contributed by atoms with Gasteiger partial charge in [-0.3, -0.25) is 14.9 Å². The van der Waals surface area contributed by atoms with Crippen molar-refractivity contribution in [2.24, 2.45) is 0 Å². The topological polar surface area (TPSA) is 102 Å². The monoisotopic (exact) mass is 292 g/mol. The summed E-state index contributed by atoms with van der Waals surface area (Å²) < 4.78 is 0. The van der Waals surface area contributed by atoms with Gasteiger partial charge in [0.1, 0.15) is 0 Å². The molecule has 0 radical (unpaired) electrons. The van der Waals surface area contributed by atoms with Crippen LogP contribution in [0, 0.1) is 10.1 Å². The van der Waals surface area contributed by atoms with Gasteiger partial charge in [0.05, 0.1) is 10.5 Å². The Morgan fingerprint density at radius 1 is 1.57 bits per heavy atom. The number of hydrogen-bond donors (Lipinski definition) is 2. The zero-order valence-corrected chi connectivity index (χ0v) is 12.0. The summed E-state index contributed by atoms with van der Waals surface area (Å²) in [7, 11) is 0. The van der Waals surface area contributed by atoms with E-state index in [1.54, 1.807) is 0 Å². The van der Waals surface area contributed by atoms with E-state index < -0.39 is 4.92 Å². The largest absolute Gasteiger partial charge is 0.398 e. The molecule has 0 saturated carbocycles. The van der Waals surface area contributed by atoms with Crippen LogP contribution in [0.2, 0.25) is 0 Å². The highest BCUT2D eigenvalue weighted by atomic mass is 16.6. The lowest BCUT2D eigenvalue weighted by atomic mass is 10.0. The van der Waals surface area contributed by atoms with Crippen molar-refractivity contribution < 1.29 is 9.72 Å². The molecule has 0 bridgehead atoms. The number of piperidine rings is 1. The van der Waals surface area contributed by atoms with Gasteiger partial charge in [-0.25, -0.2) is 0 Å². The summed E-state index contributed by atoms with van der Waals surface area (Å²) in [5.41, 5.74) is 6.04. The molecule has 1 aliphatic rings. The second-order valence-corrected chi connectivity index (χ2v) is 5.23. The number of likely N-dealkylation sites (tertiary alicyclic amines) is 1. The molecule has 3 N–H and O–H groups in total.